The number of hydrogen-bond donors (Lipinski definition) is 2. The summed E-state index contributed by atoms with van der Waals surface area (Å²) in [7, 11) is -3.40. The summed E-state index contributed by atoms with van der Waals surface area (Å²) in [6.45, 7) is 2.60. The van der Waals surface area contributed by atoms with Crippen LogP contribution in [0.2, 0.25) is 0 Å². The highest BCUT2D eigenvalue weighted by molar-refractivity contribution is 7.89. The molecule has 1 aliphatic rings. The number of benzene rings is 1. The maximum absolute atomic E-state index is 12.5. The van der Waals surface area contributed by atoms with Crippen molar-refractivity contribution in [2.45, 2.75) is 18.9 Å². The number of sulfonamides is 1. The van der Waals surface area contributed by atoms with Crippen LogP contribution < -0.4 is 5.73 Å². The molecule has 0 saturated carbocycles. The number of ether oxygens (including phenoxy) is 1. The summed E-state index contributed by atoms with van der Waals surface area (Å²) in [5.74, 6) is -0.178. The molecule has 1 fully saturated rings. The summed E-state index contributed by atoms with van der Waals surface area (Å²) in [6.07, 6.45) is -0.638. The lowest BCUT2D eigenvalue weighted by molar-refractivity contribution is 0.0368. The molecule has 2 unspecified atom stereocenters. The Bertz CT molecular complexity index is 589. The predicted molar refractivity (Wildman–Crippen MR) is 81.9 cm³/mol. The van der Waals surface area contributed by atoms with Crippen LogP contribution in [-0.2, 0) is 14.8 Å². The van der Waals surface area contributed by atoms with Gasteiger partial charge in [0.25, 0.3) is 0 Å². The minimum Gasteiger partial charge on any atom is -0.385 e. The second kappa shape index (κ2) is 6.55. The Morgan fingerprint density at radius 1 is 1.48 bits per heavy atom. The molecular weight excluding hydrogens is 290 g/mol. The van der Waals surface area contributed by atoms with E-state index in [2.05, 4.69) is 0 Å². The minimum atomic E-state index is -3.40. The molecule has 0 bridgehead atoms. The Morgan fingerprint density at radius 2 is 2.14 bits per heavy atom. The first-order valence-corrected chi connectivity index (χ1v) is 8.49. The summed E-state index contributed by atoms with van der Waals surface area (Å²) in [4.78, 5) is 0. The number of nitrogens with zero attached hydrogens (tertiary/aromatic N) is 1. The van der Waals surface area contributed by atoms with E-state index in [1.807, 2.05) is 37.3 Å². The molecule has 1 saturated heterocycles. The Kier molecular flexibility index (Phi) is 4.97. The maximum Gasteiger partial charge on any atom is 0.214 e. The van der Waals surface area contributed by atoms with E-state index in [-0.39, 0.29) is 30.7 Å². The summed E-state index contributed by atoms with van der Waals surface area (Å²) in [5, 5.41) is 7.39. The van der Waals surface area contributed by atoms with Crippen LogP contribution in [-0.4, -0.2) is 50.1 Å². The van der Waals surface area contributed by atoms with Crippen molar-refractivity contribution in [3.63, 3.8) is 0 Å². The quantitative estimate of drug-likeness (QED) is 0.619. The van der Waals surface area contributed by atoms with E-state index >= 15 is 0 Å². The van der Waals surface area contributed by atoms with Crippen LogP contribution in [0, 0.1) is 5.41 Å². The largest absolute Gasteiger partial charge is 0.385 e. The zero-order valence-electron chi connectivity index (χ0n) is 12.0. The van der Waals surface area contributed by atoms with Crippen molar-refractivity contribution in [2.24, 2.45) is 5.73 Å². The van der Waals surface area contributed by atoms with Gasteiger partial charge in [-0.3, -0.25) is 5.41 Å². The minimum absolute atomic E-state index is 0.0433. The van der Waals surface area contributed by atoms with E-state index in [4.69, 9.17) is 15.9 Å². The van der Waals surface area contributed by atoms with E-state index in [0.717, 1.165) is 5.56 Å². The Balaban J connectivity index is 2.06. The number of hydrogen-bond acceptors (Lipinski definition) is 4. The highest BCUT2D eigenvalue weighted by atomic mass is 32.2. The summed E-state index contributed by atoms with van der Waals surface area (Å²) in [6, 6.07) is 9.57. The van der Waals surface area contributed by atoms with Gasteiger partial charge < -0.3 is 10.5 Å². The maximum atomic E-state index is 12.5. The van der Waals surface area contributed by atoms with Gasteiger partial charge in [0, 0.05) is 13.1 Å². The highest BCUT2D eigenvalue weighted by Gasteiger charge is 2.31. The molecule has 21 heavy (non-hydrogen) atoms. The standard InChI is InChI=1S/C14H21N3O3S/c1-11(12-5-3-2-4-6-12)10-21(18,19)17-7-8-20-13(9-17)14(15)16/h2-6,11,13H,7-10H2,1H3,(H3,15,16). The fourth-order valence-corrected chi connectivity index (χ4v) is 4.12. The molecule has 1 aromatic carbocycles. The van der Waals surface area contributed by atoms with Crippen LogP contribution in [0.15, 0.2) is 30.3 Å². The lowest BCUT2D eigenvalue weighted by atomic mass is 10.0. The van der Waals surface area contributed by atoms with Crippen molar-refractivity contribution >= 4 is 15.9 Å². The third kappa shape index (κ3) is 4.03. The molecule has 0 spiro atoms. The fourth-order valence-electron chi connectivity index (χ4n) is 2.37. The van der Waals surface area contributed by atoms with Crippen LogP contribution in [0.5, 0.6) is 0 Å². The monoisotopic (exact) mass is 311 g/mol. The molecule has 2 rings (SSSR count). The Morgan fingerprint density at radius 3 is 2.76 bits per heavy atom. The predicted octanol–water partition coefficient (Wildman–Crippen LogP) is 0.757. The van der Waals surface area contributed by atoms with Crippen molar-refractivity contribution < 1.29 is 13.2 Å². The van der Waals surface area contributed by atoms with Crippen molar-refractivity contribution in [1.29, 1.82) is 5.41 Å². The third-order valence-electron chi connectivity index (χ3n) is 3.60. The lowest BCUT2D eigenvalue weighted by Gasteiger charge is -2.32. The lowest BCUT2D eigenvalue weighted by Crippen LogP contribution is -2.51. The van der Waals surface area contributed by atoms with E-state index < -0.39 is 16.1 Å². The Labute approximate surface area is 125 Å². The van der Waals surface area contributed by atoms with Gasteiger partial charge in [0.05, 0.1) is 12.4 Å². The number of amidine groups is 1. The molecule has 2 atom stereocenters. The van der Waals surface area contributed by atoms with Gasteiger partial charge in [-0.05, 0) is 11.5 Å². The van der Waals surface area contributed by atoms with Crippen LogP contribution in [0.4, 0.5) is 0 Å². The van der Waals surface area contributed by atoms with Crippen molar-refractivity contribution in [3.8, 4) is 0 Å². The molecule has 116 valence electrons. The molecule has 1 heterocycles. The van der Waals surface area contributed by atoms with Gasteiger partial charge in [-0.2, -0.15) is 4.31 Å². The molecule has 0 aromatic heterocycles. The highest BCUT2D eigenvalue weighted by Crippen LogP contribution is 2.20. The molecule has 1 aliphatic heterocycles. The first-order chi connectivity index (χ1) is 9.90. The number of morpholine rings is 1. The number of nitrogens with two attached hydrogens (primary N) is 1. The topological polar surface area (TPSA) is 96.5 Å². The van der Waals surface area contributed by atoms with E-state index in [1.165, 1.54) is 4.31 Å². The summed E-state index contributed by atoms with van der Waals surface area (Å²) in [5.41, 5.74) is 6.40. The smallest absolute Gasteiger partial charge is 0.214 e. The van der Waals surface area contributed by atoms with Gasteiger partial charge in [-0.25, -0.2) is 8.42 Å². The first kappa shape index (κ1) is 15.9. The summed E-state index contributed by atoms with van der Waals surface area (Å²) >= 11 is 0. The van der Waals surface area contributed by atoms with Gasteiger partial charge in [0.2, 0.25) is 10.0 Å². The molecule has 7 heteroatoms. The fraction of sp³-hybridized carbons (Fsp3) is 0.500. The molecule has 1 aromatic rings. The molecule has 3 N–H and O–H groups in total. The zero-order valence-corrected chi connectivity index (χ0v) is 12.8. The van der Waals surface area contributed by atoms with Crippen molar-refractivity contribution in [1.82, 2.24) is 4.31 Å². The van der Waals surface area contributed by atoms with Gasteiger partial charge >= 0.3 is 0 Å². The molecule has 0 amide bonds. The number of rotatable bonds is 5. The molecule has 0 radical (unpaired) electrons. The normalized spacial score (nSPS) is 21.9. The average molecular weight is 311 g/mol. The van der Waals surface area contributed by atoms with E-state index in [0.29, 0.717) is 6.54 Å². The molecular formula is C14H21N3O3S. The van der Waals surface area contributed by atoms with Crippen LogP contribution in [0.25, 0.3) is 0 Å². The van der Waals surface area contributed by atoms with Gasteiger partial charge in [0.15, 0.2) is 0 Å². The second-order valence-corrected chi connectivity index (χ2v) is 7.28. The van der Waals surface area contributed by atoms with Crippen LogP contribution >= 0.6 is 0 Å². The third-order valence-corrected chi connectivity index (χ3v) is 5.64. The van der Waals surface area contributed by atoms with Gasteiger partial charge in [-0.1, -0.05) is 37.3 Å². The first-order valence-electron chi connectivity index (χ1n) is 6.88. The summed E-state index contributed by atoms with van der Waals surface area (Å²) < 4.78 is 31.7. The SMILES string of the molecule is CC(CS(=O)(=O)N1CCOC(C(=N)N)C1)c1ccccc1. The van der Waals surface area contributed by atoms with Gasteiger partial charge in [0.1, 0.15) is 11.9 Å². The molecule has 6 nitrogen and oxygen atoms in total. The van der Waals surface area contributed by atoms with E-state index in [9.17, 15) is 8.42 Å². The van der Waals surface area contributed by atoms with Crippen LogP contribution in [0.1, 0.15) is 18.4 Å². The van der Waals surface area contributed by atoms with Gasteiger partial charge in [-0.15, -0.1) is 0 Å². The zero-order chi connectivity index (χ0) is 15.5. The second-order valence-electron chi connectivity index (χ2n) is 5.26. The van der Waals surface area contributed by atoms with Crippen molar-refractivity contribution in [2.75, 3.05) is 25.4 Å². The molecule has 0 aliphatic carbocycles. The number of nitrogens with one attached hydrogen (secondary N) is 1. The van der Waals surface area contributed by atoms with Crippen LogP contribution in [0.3, 0.4) is 0 Å². The average Bonchev–Trinajstić information content (AvgIpc) is 2.48. The van der Waals surface area contributed by atoms with Crippen molar-refractivity contribution in [3.05, 3.63) is 35.9 Å². The Hall–Kier alpha value is -1.44. The van der Waals surface area contributed by atoms with E-state index in [1.54, 1.807) is 0 Å².